The summed E-state index contributed by atoms with van der Waals surface area (Å²) in [6.45, 7) is 2.01. The van der Waals surface area contributed by atoms with Crippen LogP contribution in [0.5, 0.6) is 0 Å². The molecule has 36 heavy (non-hydrogen) atoms. The smallest absolute Gasteiger partial charge is 0.355 e. The summed E-state index contributed by atoms with van der Waals surface area (Å²) in [6.07, 6.45) is 2.17. The Labute approximate surface area is 221 Å². The molecule has 0 N–H and O–H groups in total. The van der Waals surface area contributed by atoms with Gasteiger partial charge in [-0.05, 0) is 17.7 Å². The first-order chi connectivity index (χ1) is 17.2. The maximum absolute atomic E-state index is 13.2. The van der Waals surface area contributed by atoms with E-state index in [1.165, 1.54) is 59.6 Å². The van der Waals surface area contributed by atoms with Crippen LogP contribution in [0, 0.1) is 10.1 Å². The van der Waals surface area contributed by atoms with Crippen molar-refractivity contribution < 1.29 is 28.8 Å². The van der Waals surface area contributed by atoms with Crippen molar-refractivity contribution >= 4 is 63.0 Å². The molecule has 2 unspecified atom stereocenters. The van der Waals surface area contributed by atoms with E-state index in [9.17, 15) is 24.5 Å². The van der Waals surface area contributed by atoms with Crippen LogP contribution in [0.25, 0.3) is 0 Å². The van der Waals surface area contributed by atoms with Crippen molar-refractivity contribution in [2.24, 2.45) is 0 Å². The number of carbonyl (C=O) groups excluding carboxylic acids is 3. The van der Waals surface area contributed by atoms with Crippen molar-refractivity contribution in [2.75, 3.05) is 5.75 Å². The van der Waals surface area contributed by atoms with E-state index in [-0.39, 0.29) is 35.2 Å². The van der Waals surface area contributed by atoms with Crippen LogP contribution < -0.4 is 0 Å². The summed E-state index contributed by atoms with van der Waals surface area (Å²) < 4.78 is 11.7. The van der Waals surface area contributed by atoms with Crippen molar-refractivity contribution in [1.29, 1.82) is 0 Å². The number of aromatic nitrogens is 2. The highest BCUT2D eigenvalue weighted by atomic mass is 79.9. The van der Waals surface area contributed by atoms with Crippen molar-refractivity contribution in [3.05, 3.63) is 68.8 Å². The van der Waals surface area contributed by atoms with Gasteiger partial charge in [0.2, 0.25) is 11.3 Å². The molecule has 1 aromatic carbocycles. The van der Waals surface area contributed by atoms with Crippen LogP contribution in [0.15, 0.2) is 41.6 Å². The number of amides is 1. The molecule has 0 bridgehead atoms. The summed E-state index contributed by atoms with van der Waals surface area (Å²) in [5, 5.41) is 12.0. The number of β-lactam (4-membered cyclic amide) rings is 1. The molecular weight excluding hydrogens is 576 g/mol. The minimum atomic E-state index is -0.941. The number of esters is 2. The summed E-state index contributed by atoms with van der Waals surface area (Å²) in [5.74, 6) is 0.121. The number of carbonyl (C=O) groups is 3. The lowest BCUT2D eigenvalue weighted by Gasteiger charge is -2.48. The lowest BCUT2D eigenvalue weighted by molar-refractivity contribution is -0.384. The first-order valence-corrected chi connectivity index (χ1v) is 13.6. The quantitative estimate of drug-likeness (QED) is 0.154. The molecule has 5 rings (SSSR count). The normalized spacial score (nSPS) is 24.3. The van der Waals surface area contributed by atoms with Gasteiger partial charge in [-0.15, -0.1) is 23.5 Å². The number of alkyl halides is 1. The number of nitrogens with zero attached hydrogens (tertiary/aromatic N) is 4. The van der Waals surface area contributed by atoms with Crippen molar-refractivity contribution in [3.63, 3.8) is 0 Å². The van der Waals surface area contributed by atoms with Crippen LogP contribution in [0.2, 0.25) is 0 Å². The zero-order valence-corrected chi connectivity index (χ0v) is 22.0. The summed E-state index contributed by atoms with van der Waals surface area (Å²) >= 11 is 6.45. The molecular formula is C22H19BrN4O7S2. The number of non-ortho nitro benzene ring substituents is 1. The molecule has 0 radical (unpaired) electrons. The fraction of sp³-hybridized carbons (Fsp3) is 0.364. The largest absolute Gasteiger partial charge is 0.456 e. The Balaban J connectivity index is 1.22. The Hall–Kier alpha value is -2.84. The van der Waals surface area contributed by atoms with Crippen LogP contribution in [-0.2, 0) is 43.4 Å². The number of benzene rings is 1. The first kappa shape index (κ1) is 24.8. The van der Waals surface area contributed by atoms with Gasteiger partial charge in [0.25, 0.3) is 5.69 Å². The first-order valence-electron chi connectivity index (χ1n) is 10.8. The van der Waals surface area contributed by atoms with Crippen LogP contribution in [0.3, 0.4) is 0 Å². The average Bonchev–Trinajstić information content (AvgIpc) is 3.45. The number of nitro benzene ring substituents is 1. The van der Waals surface area contributed by atoms with Crippen molar-refractivity contribution in [3.8, 4) is 0 Å². The number of fused-ring (bicyclic) bond motifs is 2. The number of ether oxygens (including phenoxy) is 2. The van der Waals surface area contributed by atoms with E-state index in [2.05, 4.69) is 20.9 Å². The maximum Gasteiger partial charge on any atom is 0.355 e. The van der Waals surface area contributed by atoms with Crippen molar-refractivity contribution in [1.82, 2.24) is 14.5 Å². The highest BCUT2D eigenvalue weighted by Crippen LogP contribution is 2.53. The van der Waals surface area contributed by atoms with Gasteiger partial charge in [-0.2, -0.15) is 0 Å². The number of imidazole rings is 1. The second-order valence-corrected chi connectivity index (χ2v) is 11.8. The molecule has 11 nitrogen and oxygen atoms in total. The van der Waals surface area contributed by atoms with E-state index in [4.69, 9.17) is 9.47 Å². The Morgan fingerprint density at radius 3 is 2.78 bits per heavy atom. The van der Waals surface area contributed by atoms with Gasteiger partial charge in [0.1, 0.15) is 22.0 Å². The molecule has 1 aromatic heterocycles. The van der Waals surface area contributed by atoms with Gasteiger partial charge in [-0.1, -0.05) is 15.9 Å². The third-order valence-corrected chi connectivity index (χ3v) is 9.49. The lowest BCUT2D eigenvalue weighted by Crippen LogP contribution is -2.68. The second kappa shape index (κ2) is 9.56. The summed E-state index contributed by atoms with van der Waals surface area (Å²) in [4.78, 5) is 53.6. The Kier molecular flexibility index (Phi) is 6.59. The van der Waals surface area contributed by atoms with Crippen LogP contribution in [-0.4, -0.2) is 52.7 Å². The molecule has 14 heteroatoms. The predicted octanol–water partition coefficient (Wildman–Crippen LogP) is 3.28. The number of hydrogen-bond acceptors (Lipinski definition) is 10. The molecule has 3 aliphatic rings. The van der Waals surface area contributed by atoms with Gasteiger partial charge in [0, 0.05) is 49.4 Å². The minimum absolute atomic E-state index is 0.0538. The molecule has 3 aliphatic heterocycles. The summed E-state index contributed by atoms with van der Waals surface area (Å²) in [7, 11) is 0. The third-order valence-electron chi connectivity index (χ3n) is 5.88. The van der Waals surface area contributed by atoms with E-state index in [0.717, 1.165) is 12.3 Å². The third kappa shape index (κ3) is 4.41. The van der Waals surface area contributed by atoms with Crippen LogP contribution in [0.1, 0.15) is 29.4 Å². The zero-order chi connectivity index (χ0) is 25.6. The van der Waals surface area contributed by atoms with Gasteiger partial charge in [-0.25, -0.2) is 9.78 Å². The van der Waals surface area contributed by atoms with E-state index >= 15 is 0 Å². The topological polar surface area (TPSA) is 134 Å². The Morgan fingerprint density at radius 1 is 1.33 bits per heavy atom. The molecule has 0 saturated carbocycles. The van der Waals surface area contributed by atoms with Gasteiger partial charge in [-0.3, -0.25) is 24.6 Å². The van der Waals surface area contributed by atoms with Crippen LogP contribution in [0.4, 0.5) is 5.69 Å². The molecule has 0 aliphatic carbocycles. The SMILES string of the molecule is CC(=O)OC1SCCn2cc(CC3(Br)C(=O)N4C(C(=O)OCc5ccc([N+](=O)[O-])cc5)=CS[C@@H]43)nc21. The number of halogens is 1. The Bertz CT molecular complexity index is 1300. The number of aryl methyl sites for hydroxylation is 1. The van der Waals surface area contributed by atoms with Gasteiger partial charge < -0.3 is 14.0 Å². The molecule has 1 amide bonds. The molecule has 1 fully saturated rings. The maximum atomic E-state index is 13.2. The fourth-order valence-corrected chi connectivity index (χ4v) is 7.42. The number of nitro groups is 1. The van der Waals surface area contributed by atoms with E-state index in [0.29, 0.717) is 23.5 Å². The van der Waals surface area contributed by atoms with Crippen molar-refractivity contribution in [2.45, 2.75) is 41.6 Å². The standard InChI is InChI=1S/C22H19BrN4O7S2/c1-12(28)34-19-17-24-14(9-25(17)6-7-35-19)8-22(23)20(30)26-16(11-36-21(22)26)18(29)33-10-13-2-4-15(5-3-13)27(31)32/h2-5,9,11,19,21H,6-8,10H2,1H3/t19?,21-,22?/m1/s1. The number of rotatable bonds is 7. The molecule has 1 saturated heterocycles. The van der Waals surface area contributed by atoms with E-state index < -0.39 is 20.7 Å². The minimum Gasteiger partial charge on any atom is -0.456 e. The molecule has 3 atom stereocenters. The highest BCUT2D eigenvalue weighted by molar-refractivity contribution is 9.10. The van der Waals surface area contributed by atoms with Crippen LogP contribution >= 0.6 is 39.5 Å². The van der Waals surface area contributed by atoms with Gasteiger partial charge >= 0.3 is 11.9 Å². The average molecular weight is 595 g/mol. The lowest BCUT2D eigenvalue weighted by atomic mass is 9.92. The van der Waals surface area contributed by atoms with Gasteiger partial charge in [0.15, 0.2) is 5.82 Å². The monoisotopic (exact) mass is 594 g/mol. The number of thioether (sulfide) groups is 2. The molecule has 4 heterocycles. The zero-order valence-electron chi connectivity index (χ0n) is 18.8. The molecule has 0 spiro atoms. The second-order valence-electron chi connectivity index (χ2n) is 8.30. The van der Waals surface area contributed by atoms with E-state index in [1.807, 2.05) is 10.8 Å². The Morgan fingerprint density at radius 2 is 2.08 bits per heavy atom. The van der Waals surface area contributed by atoms with E-state index in [1.54, 1.807) is 5.41 Å². The predicted molar refractivity (Wildman–Crippen MR) is 134 cm³/mol. The molecule has 188 valence electrons. The fourth-order valence-electron chi connectivity index (χ4n) is 4.16. The summed E-state index contributed by atoms with van der Waals surface area (Å²) in [6, 6.07) is 5.70. The summed E-state index contributed by atoms with van der Waals surface area (Å²) in [5.41, 5.74) is 0.897. The number of hydrogen-bond donors (Lipinski definition) is 0. The molecule has 2 aromatic rings. The highest BCUT2D eigenvalue weighted by Gasteiger charge is 2.64. The van der Waals surface area contributed by atoms with Gasteiger partial charge in [0.05, 0.1) is 10.6 Å².